The molecule has 1 heterocycles. The fraction of sp³-hybridized carbons (Fsp3) is 0.857. The lowest BCUT2D eigenvalue weighted by Gasteiger charge is -2.39. The van der Waals surface area contributed by atoms with E-state index in [1.807, 2.05) is 4.90 Å². The molecule has 0 aromatic rings. The van der Waals surface area contributed by atoms with Crippen LogP contribution in [0.2, 0.25) is 0 Å². The molecule has 0 atom stereocenters. The number of piperazine rings is 1. The van der Waals surface area contributed by atoms with Crippen molar-refractivity contribution in [1.29, 1.82) is 5.41 Å². The summed E-state index contributed by atoms with van der Waals surface area (Å²) >= 11 is 0. The van der Waals surface area contributed by atoms with Crippen molar-refractivity contribution in [3.63, 3.8) is 0 Å². The zero-order valence-electron chi connectivity index (χ0n) is 9.27. The molecule has 1 saturated heterocycles. The van der Waals surface area contributed by atoms with Crippen molar-refractivity contribution in [3.8, 4) is 0 Å². The Bertz CT molecular complexity index is 332. The number of hydrogen-bond donors (Lipinski definition) is 5. The van der Waals surface area contributed by atoms with E-state index in [0.29, 0.717) is 0 Å². The van der Waals surface area contributed by atoms with E-state index in [4.69, 9.17) is 28.7 Å². The van der Waals surface area contributed by atoms with Crippen molar-refractivity contribution >= 4 is 16.4 Å². The first-order chi connectivity index (χ1) is 7.01. The summed E-state index contributed by atoms with van der Waals surface area (Å²) in [4.78, 5) is 1.89. The van der Waals surface area contributed by atoms with Crippen molar-refractivity contribution in [1.82, 2.24) is 10.2 Å². The summed E-state index contributed by atoms with van der Waals surface area (Å²) in [5.41, 5.74) is 5.46. The zero-order chi connectivity index (χ0) is 13.0. The molecule has 0 radical (unpaired) electrons. The summed E-state index contributed by atoms with van der Waals surface area (Å²) < 4.78 is 31.6. The maximum atomic E-state index is 8.74. The maximum Gasteiger partial charge on any atom is 0.394 e. The van der Waals surface area contributed by atoms with Crippen molar-refractivity contribution in [3.05, 3.63) is 0 Å². The Hall–Kier alpha value is -0.900. The van der Waals surface area contributed by atoms with E-state index in [1.165, 1.54) is 0 Å². The monoisotopic (exact) mass is 254 g/mol. The summed E-state index contributed by atoms with van der Waals surface area (Å²) in [7, 11) is -4.67. The molecule has 1 aliphatic rings. The molecule has 0 spiro atoms. The lowest BCUT2D eigenvalue weighted by Crippen LogP contribution is -2.59. The van der Waals surface area contributed by atoms with Gasteiger partial charge in [0.2, 0.25) is 0 Å². The number of nitrogens with one attached hydrogen (secondary N) is 2. The number of hydrogen-bond acceptors (Lipinski definition) is 4. The van der Waals surface area contributed by atoms with Crippen LogP contribution in [0, 0.1) is 5.41 Å². The van der Waals surface area contributed by atoms with Crippen LogP contribution < -0.4 is 11.1 Å². The first kappa shape index (κ1) is 15.1. The van der Waals surface area contributed by atoms with Gasteiger partial charge in [-0.25, -0.2) is 0 Å². The largest absolute Gasteiger partial charge is 0.394 e. The van der Waals surface area contributed by atoms with Crippen LogP contribution >= 0.6 is 0 Å². The molecule has 0 aliphatic carbocycles. The highest BCUT2D eigenvalue weighted by atomic mass is 32.3. The van der Waals surface area contributed by atoms with Crippen molar-refractivity contribution in [2.45, 2.75) is 19.4 Å². The van der Waals surface area contributed by atoms with Crippen LogP contribution in [0.25, 0.3) is 0 Å². The second-order valence-electron chi connectivity index (χ2n) is 4.07. The summed E-state index contributed by atoms with van der Waals surface area (Å²) in [6.07, 6.45) is 0. The van der Waals surface area contributed by atoms with E-state index in [1.54, 1.807) is 0 Å². The predicted molar refractivity (Wildman–Crippen MR) is 59.7 cm³/mol. The minimum atomic E-state index is -4.67. The van der Waals surface area contributed by atoms with Gasteiger partial charge in [0, 0.05) is 25.2 Å². The molecule has 1 rings (SSSR count). The highest BCUT2D eigenvalue weighted by Gasteiger charge is 2.25. The first-order valence-corrected chi connectivity index (χ1v) is 5.95. The van der Waals surface area contributed by atoms with Gasteiger partial charge in [0.15, 0.2) is 5.96 Å². The molecular weight excluding hydrogens is 236 g/mol. The lowest BCUT2D eigenvalue weighted by molar-refractivity contribution is 0.223. The molecule has 0 saturated carbocycles. The fourth-order valence-corrected chi connectivity index (χ4v) is 1.35. The van der Waals surface area contributed by atoms with Gasteiger partial charge in [-0.2, -0.15) is 8.42 Å². The first-order valence-electron chi connectivity index (χ1n) is 4.55. The van der Waals surface area contributed by atoms with Crippen LogP contribution in [-0.2, 0) is 10.4 Å². The average molecular weight is 254 g/mol. The second-order valence-corrected chi connectivity index (χ2v) is 4.96. The van der Waals surface area contributed by atoms with Gasteiger partial charge < -0.3 is 16.0 Å². The summed E-state index contributed by atoms with van der Waals surface area (Å²) in [5, 5.41) is 10.6. The van der Waals surface area contributed by atoms with Gasteiger partial charge in [-0.15, -0.1) is 0 Å². The molecule has 0 aromatic heterocycles. The van der Waals surface area contributed by atoms with E-state index in [2.05, 4.69) is 19.2 Å². The van der Waals surface area contributed by atoms with Crippen LogP contribution in [0.15, 0.2) is 0 Å². The molecular formula is C7H18N4O4S. The zero-order valence-corrected chi connectivity index (χ0v) is 10.1. The molecule has 0 aromatic carbocycles. The van der Waals surface area contributed by atoms with E-state index in [-0.39, 0.29) is 11.5 Å². The molecule has 9 heteroatoms. The smallest absolute Gasteiger partial charge is 0.370 e. The normalized spacial score (nSPS) is 19.6. The van der Waals surface area contributed by atoms with Crippen LogP contribution in [0.3, 0.4) is 0 Å². The van der Waals surface area contributed by atoms with Gasteiger partial charge in [0.05, 0.1) is 0 Å². The summed E-state index contributed by atoms with van der Waals surface area (Å²) in [6, 6.07) is 0. The van der Waals surface area contributed by atoms with E-state index in [0.717, 1.165) is 19.6 Å². The Balaban J connectivity index is 0.000000385. The third-order valence-corrected chi connectivity index (χ3v) is 1.91. The SMILES string of the molecule is CC1(C)CN(C(=N)N)CCN1.O=S(=O)(O)O. The molecule has 1 fully saturated rings. The van der Waals surface area contributed by atoms with Gasteiger partial charge in [0.1, 0.15) is 0 Å². The fourth-order valence-electron chi connectivity index (χ4n) is 1.35. The third-order valence-electron chi connectivity index (χ3n) is 1.91. The lowest BCUT2D eigenvalue weighted by atomic mass is 10.0. The summed E-state index contributed by atoms with van der Waals surface area (Å²) in [5.74, 6) is 0.180. The predicted octanol–water partition coefficient (Wildman–Crippen LogP) is -1.09. The molecule has 96 valence electrons. The van der Waals surface area contributed by atoms with Crippen molar-refractivity contribution in [2.24, 2.45) is 5.73 Å². The number of rotatable bonds is 0. The van der Waals surface area contributed by atoms with Crippen LogP contribution in [0.4, 0.5) is 0 Å². The highest BCUT2D eigenvalue weighted by molar-refractivity contribution is 7.79. The van der Waals surface area contributed by atoms with E-state index < -0.39 is 10.4 Å². The minimum absolute atomic E-state index is 0.0872. The molecule has 0 bridgehead atoms. The van der Waals surface area contributed by atoms with Gasteiger partial charge in [-0.3, -0.25) is 14.5 Å². The van der Waals surface area contributed by atoms with Crippen molar-refractivity contribution < 1.29 is 17.5 Å². The molecule has 16 heavy (non-hydrogen) atoms. The Morgan fingerprint density at radius 1 is 1.50 bits per heavy atom. The van der Waals surface area contributed by atoms with Gasteiger partial charge in [0.25, 0.3) is 0 Å². The number of nitrogens with two attached hydrogens (primary N) is 1. The van der Waals surface area contributed by atoms with Crippen LogP contribution in [0.5, 0.6) is 0 Å². The standard InChI is InChI=1S/C7H16N4.H2O4S/c1-7(2)5-11(6(8)9)4-3-10-7;1-5(2,3)4/h10H,3-5H2,1-2H3,(H3,8,9);(H2,1,2,3,4). The molecule has 0 unspecified atom stereocenters. The Labute approximate surface area is 94.9 Å². The van der Waals surface area contributed by atoms with Gasteiger partial charge >= 0.3 is 10.4 Å². The van der Waals surface area contributed by atoms with Crippen LogP contribution in [-0.4, -0.2) is 53.6 Å². The second kappa shape index (κ2) is 5.43. The number of guanidine groups is 1. The molecule has 6 N–H and O–H groups in total. The highest BCUT2D eigenvalue weighted by Crippen LogP contribution is 2.08. The third kappa shape index (κ3) is 8.41. The molecule has 1 aliphatic heterocycles. The molecule has 0 amide bonds. The Morgan fingerprint density at radius 2 is 1.94 bits per heavy atom. The quantitative estimate of drug-likeness (QED) is 0.210. The van der Waals surface area contributed by atoms with E-state index in [9.17, 15) is 0 Å². The molecule has 8 nitrogen and oxygen atoms in total. The van der Waals surface area contributed by atoms with Crippen LogP contribution in [0.1, 0.15) is 13.8 Å². The minimum Gasteiger partial charge on any atom is -0.370 e. The Morgan fingerprint density at radius 3 is 2.19 bits per heavy atom. The Kier molecular flexibility index (Phi) is 5.13. The summed E-state index contributed by atoms with van der Waals surface area (Å²) in [6.45, 7) is 6.80. The van der Waals surface area contributed by atoms with Crippen molar-refractivity contribution in [2.75, 3.05) is 19.6 Å². The van der Waals surface area contributed by atoms with Gasteiger partial charge in [-0.1, -0.05) is 0 Å². The number of nitrogens with zero attached hydrogens (tertiary/aromatic N) is 1. The van der Waals surface area contributed by atoms with Gasteiger partial charge in [-0.05, 0) is 13.8 Å². The average Bonchev–Trinajstić information content (AvgIpc) is 1.98. The maximum absolute atomic E-state index is 8.74. The topological polar surface area (TPSA) is 140 Å². The van der Waals surface area contributed by atoms with E-state index >= 15 is 0 Å².